The number of carboxylic acids is 1. The molecule has 1 aromatic rings. The number of hydrogen-bond acceptors (Lipinski definition) is 4. The van der Waals surface area contributed by atoms with Crippen LogP contribution < -0.4 is 4.90 Å². The van der Waals surface area contributed by atoms with Crippen LogP contribution in [0.3, 0.4) is 0 Å². The molecule has 0 aliphatic rings. The summed E-state index contributed by atoms with van der Waals surface area (Å²) in [6.45, 7) is 7.25. The van der Waals surface area contributed by atoms with Gasteiger partial charge in [0.15, 0.2) is 0 Å². The zero-order valence-corrected chi connectivity index (χ0v) is 11.1. The number of aryl methyl sites for hydroxylation is 2. The van der Waals surface area contributed by atoms with E-state index in [0.29, 0.717) is 16.9 Å². The van der Waals surface area contributed by atoms with E-state index in [1.165, 1.54) is 0 Å². The van der Waals surface area contributed by atoms with Gasteiger partial charge in [0.05, 0.1) is 16.9 Å². The molecule has 96 valence electrons. The van der Waals surface area contributed by atoms with Gasteiger partial charge in [-0.15, -0.1) is 0 Å². The minimum atomic E-state index is -0.917. The van der Waals surface area contributed by atoms with Gasteiger partial charge >= 0.3 is 5.97 Å². The van der Waals surface area contributed by atoms with Crippen LogP contribution in [0, 0.1) is 25.2 Å². The molecule has 0 aliphatic heterocycles. The Morgan fingerprint density at radius 1 is 1.56 bits per heavy atom. The number of aromatic nitrogens is 1. The van der Waals surface area contributed by atoms with E-state index in [1.54, 1.807) is 17.9 Å². The highest BCUT2D eigenvalue weighted by Crippen LogP contribution is 2.24. The van der Waals surface area contributed by atoms with Crippen LogP contribution in [0.4, 0.5) is 5.69 Å². The number of pyridine rings is 1. The number of hydrogen-bond donors (Lipinski definition) is 1. The minimum Gasteiger partial charge on any atom is -0.480 e. The highest BCUT2D eigenvalue weighted by atomic mass is 16.4. The molecule has 0 unspecified atom stereocenters. The molecule has 0 bridgehead atoms. The number of carboxylic acid groups (broad SMARTS) is 1. The van der Waals surface area contributed by atoms with E-state index in [-0.39, 0.29) is 12.6 Å². The Hall–Kier alpha value is -2.09. The molecule has 0 aromatic carbocycles. The fourth-order valence-electron chi connectivity index (χ4n) is 1.86. The van der Waals surface area contributed by atoms with E-state index in [9.17, 15) is 10.1 Å². The highest BCUT2D eigenvalue weighted by Gasteiger charge is 2.19. The molecular formula is C13H17N3O2. The first-order valence-corrected chi connectivity index (χ1v) is 5.73. The summed E-state index contributed by atoms with van der Waals surface area (Å²) in [5, 5.41) is 18.1. The molecule has 1 aromatic heterocycles. The summed E-state index contributed by atoms with van der Waals surface area (Å²) in [5.74, 6) is -0.917. The molecule has 0 fully saturated rings. The van der Waals surface area contributed by atoms with Crippen molar-refractivity contribution in [3.05, 3.63) is 23.0 Å². The molecule has 5 heteroatoms. The third kappa shape index (κ3) is 2.98. The molecule has 1 N–H and O–H groups in total. The molecule has 0 aliphatic carbocycles. The van der Waals surface area contributed by atoms with E-state index in [1.807, 2.05) is 20.8 Å². The Morgan fingerprint density at radius 2 is 2.17 bits per heavy atom. The molecule has 0 spiro atoms. The number of anilines is 1. The Kier molecular flexibility index (Phi) is 4.27. The quantitative estimate of drug-likeness (QED) is 0.878. The average molecular weight is 247 g/mol. The number of nitriles is 1. The Morgan fingerprint density at radius 3 is 2.61 bits per heavy atom. The normalized spacial score (nSPS) is 10.2. The summed E-state index contributed by atoms with van der Waals surface area (Å²) >= 11 is 0. The lowest BCUT2D eigenvalue weighted by Gasteiger charge is -2.28. The second-order valence-electron chi connectivity index (χ2n) is 4.47. The van der Waals surface area contributed by atoms with Crippen molar-refractivity contribution in [2.24, 2.45) is 0 Å². The second kappa shape index (κ2) is 5.50. The number of aliphatic carboxylic acids is 1. The third-order valence-corrected chi connectivity index (χ3v) is 2.66. The lowest BCUT2D eigenvalue weighted by atomic mass is 10.1. The fraction of sp³-hybridized carbons (Fsp3) is 0.462. The van der Waals surface area contributed by atoms with E-state index in [0.717, 1.165) is 5.69 Å². The van der Waals surface area contributed by atoms with Crippen molar-refractivity contribution in [3.63, 3.8) is 0 Å². The van der Waals surface area contributed by atoms with Crippen molar-refractivity contribution >= 4 is 11.7 Å². The molecule has 5 nitrogen and oxygen atoms in total. The molecule has 0 radical (unpaired) electrons. The number of nitrogens with zero attached hydrogens (tertiary/aromatic N) is 3. The second-order valence-corrected chi connectivity index (χ2v) is 4.47. The minimum absolute atomic E-state index is 0.00519. The zero-order valence-electron chi connectivity index (χ0n) is 11.1. The molecule has 0 amide bonds. The van der Waals surface area contributed by atoms with Gasteiger partial charge in [0.1, 0.15) is 12.6 Å². The first-order valence-electron chi connectivity index (χ1n) is 5.73. The van der Waals surface area contributed by atoms with Gasteiger partial charge in [-0.05, 0) is 33.8 Å². The Labute approximate surface area is 107 Å². The molecule has 0 atom stereocenters. The zero-order chi connectivity index (χ0) is 13.9. The molecule has 1 heterocycles. The van der Waals surface area contributed by atoms with Gasteiger partial charge in [-0.2, -0.15) is 5.26 Å². The van der Waals surface area contributed by atoms with Crippen molar-refractivity contribution in [3.8, 4) is 6.07 Å². The van der Waals surface area contributed by atoms with Crippen LogP contribution in [0.15, 0.2) is 6.07 Å². The lowest BCUT2D eigenvalue weighted by Crippen LogP contribution is -2.36. The Bertz CT molecular complexity index is 504. The van der Waals surface area contributed by atoms with Crippen LogP contribution in [0.1, 0.15) is 30.8 Å². The Balaban J connectivity index is 3.36. The summed E-state index contributed by atoms with van der Waals surface area (Å²) in [5.41, 5.74) is 2.48. The van der Waals surface area contributed by atoms with Gasteiger partial charge in [0, 0.05) is 11.7 Å². The average Bonchev–Trinajstić information content (AvgIpc) is 2.24. The first kappa shape index (κ1) is 14.0. The van der Waals surface area contributed by atoms with Crippen LogP contribution in [0.2, 0.25) is 0 Å². The molecule has 1 rings (SSSR count). The standard InChI is InChI=1S/C13H17N3O2/c1-8(2)16(7-13(17)18)12-5-9(3)15-10(4)11(12)6-14/h5,8H,7H2,1-4H3,(H,17,18). The molecule has 18 heavy (non-hydrogen) atoms. The molecule has 0 saturated heterocycles. The van der Waals surface area contributed by atoms with Gasteiger partial charge in [0.2, 0.25) is 0 Å². The fourth-order valence-corrected chi connectivity index (χ4v) is 1.86. The van der Waals surface area contributed by atoms with Gasteiger partial charge in [-0.1, -0.05) is 0 Å². The van der Waals surface area contributed by atoms with Crippen molar-refractivity contribution < 1.29 is 9.90 Å². The predicted molar refractivity (Wildman–Crippen MR) is 68.5 cm³/mol. The molecular weight excluding hydrogens is 230 g/mol. The number of rotatable bonds is 4. The van der Waals surface area contributed by atoms with Gasteiger partial charge in [-0.25, -0.2) is 0 Å². The van der Waals surface area contributed by atoms with Gasteiger partial charge < -0.3 is 10.0 Å². The monoisotopic (exact) mass is 247 g/mol. The van der Waals surface area contributed by atoms with Crippen LogP contribution in [0.5, 0.6) is 0 Å². The van der Waals surface area contributed by atoms with E-state index >= 15 is 0 Å². The van der Waals surface area contributed by atoms with Crippen molar-refractivity contribution in [2.75, 3.05) is 11.4 Å². The van der Waals surface area contributed by atoms with Gasteiger partial charge in [0.25, 0.3) is 0 Å². The van der Waals surface area contributed by atoms with E-state index < -0.39 is 5.97 Å². The molecule has 0 saturated carbocycles. The smallest absolute Gasteiger partial charge is 0.323 e. The summed E-state index contributed by atoms with van der Waals surface area (Å²) < 4.78 is 0. The van der Waals surface area contributed by atoms with Crippen LogP contribution >= 0.6 is 0 Å². The number of carbonyl (C=O) groups is 1. The topological polar surface area (TPSA) is 77.2 Å². The summed E-state index contributed by atoms with van der Waals surface area (Å²) in [4.78, 5) is 16.8. The van der Waals surface area contributed by atoms with Crippen LogP contribution in [-0.4, -0.2) is 28.6 Å². The van der Waals surface area contributed by atoms with E-state index in [2.05, 4.69) is 11.1 Å². The van der Waals surface area contributed by atoms with Crippen LogP contribution in [0.25, 0.3) is 0 Å². The van der Waals surface area contributed by atoms with Crippen molar-refractivity contribution in [1.29, 1.82) is 5.26 Å². The first-order chi connectivity index (χ1) is 8.36. The summed E-state index contributed by atoms with van der Waals surface area (Å²) in [6.07, 6.45) is 0. The maximum atomic E-state index is 10.9. The van der Waals surface area contributed by atoms with E-state index in [4.69, 9.17) is 5.11 Å². The van der Waals surface area contributed by atoms with Crippen LogP contribution in [-0.2, 0) is 4.79 Å². The third-order valence-electron chi connectivity index (χ3n) is 2.66. The maximum Gasteiger partial charge on any atom is 0.323 e. The van der Waals surface area contributed by atoms with Gasteiger partial charge in [-0.3, -0.25) is 9.78 Å². The maximum absolute atomic E-state index is 10.9. The van der Waals surface area contributed by atoms with Crippen molar-refractivity contribution in [1.82, 2.24) is 4.98 Å². The summed E-state index contributed by atoms with van der Waals surface area (Å²) in [7, 11) is 0. The predicted octanol–water partition coefficient (Wildman–Crippen LogP) is 1.87. The largest absolute Gasteiger partial charge is 0.480 e. The lowest BCUT2D eigenvalue weighted by molar-refractivity contribution is -0.135. The highest BCUT2D eigenvalue weighted by molar-refractivity contribution is 5.75. The SMILES string of the molecule is Cc1cc(N(CC(=O)O)C(C)C)c(C#N)c(C)n1. The van der Waals surface area contributed by atoms with Crippen molar-refractivity contribution in [2.45, 2.75) is 33.7 Å². The summed E-state index contributed by atoms with van der Waals surface area (Å²) in [6, 6.07) is 3.86.